The molecule has 4 nitrogen and oxygen atoms in total. The van der Waals surface area contributed by atoms with Crippen LogP contribution in [0.1, 0.15) is 40.4 Å². The summed E-state index contributed by atoms with van der Waals surface area (Å²) < 4.78 is 0. The van der Waals surface area contributed by atoms with Crippen molar-refractivity contribution >= 4 is 11.6 Å². The normalized spacial score (nSPS) is 11.7. The first-order chi connectivity index (χ1) is 7.76. The molecule has 96 valence electrons. The highest BCUT2D eigenvalue weighted by Crippen LogP contribution is 2.16. The van der Waals surface area contributed by atoms with E-state index in [0.717, 1.165) is 24.0 Å². The van der Waals surface area contributed by atoms with Crippen molar-refractivity contribution < 1.29 is 0 Å². The largest absolute Gasteiger partial charge is 0.370 e. The van der Waals surface area contributed by atoms with Crippen molar-refractivity contribution in [3.63, 3.8) is 0 Å². The van der Waals surface area contributed by atoms with Crippen LogP contribution in [0.3, 0.4) is 0 Å². The molecule has 0 aliphatic heterocycles. The first-order valence-corrected chi connectivity index (χ1v) is 6.14. The van der Waals surface area contributed by atoms with Crippen LogP contribution in [0.25, 0.3) is 0 Å². The zero-order chi connectivity index (χ0) is 13.1. The summed E-state index contributed by atoms with van der Waals surface area (Å²) in [7, 11) is 0. The summed E-state index contributed by atoms with van der Waals surface area (Å²) in [5, 5.41) is 6.68. The topological polar surface area (TPSA) is 49.8 Å². The molecule has 1 rings (SSSR count). The van der Waals surface area contributed by atoms with E-state index < -0.39 is 0 Å². The monoisotopic (exact) mass is 236 g/mol. The first kappa shape index (κ1) is 13.7. The van der Waals surface area contributed by atoms with Gasteiger partial charge in [-0.3, -0.25) is 0 Å². The summed E-state index contributed by atoms with van der Waals surface area (Å²) in [6.07, 6.45) is 0. The average Bonchev–Trinajstić information content (AvgIpc) is 2.10. The lowest BCUT2D eigenvalue weighted by Gasteiger charge is -2.22. The van der Waals surface area contributed by atoms with Crippen LogP contribution < -0.4 is 10.6 Å². The molecule has 0 aliphatic carbocycles. The van der Waals surface area contributed by atoms with E-state index in [1.165, 1.54) is 0 Å². The Bertz CT molecular complexity index is 366. The van der Waals surface area contributed by atoms with Gasteiger partial charge >= 0.3 is 0 Å². The second-order valence-electron chi connectivity index (χ2n) is 5.84. The molecule has 0 saturated heterocycles. The maximum atomic E-state index is 4.38. The summed E-state index contributed by atoms with van der Waals surface area (Å²) in [4.78, 5) is 8.76. The third kappa shape index (κ3) is 5.52. The molecule has 0 bridgehead atoms. The van der Waals surface area contributed by atoms with E-state index in [4.69, 9.17) is 0 Å². The lowest BCUT2D eigenvalue weighted by atomic mass is 10.1. The van der Waals surface area contributed by atoms with Gasteiger partial charge in [0.15, 0.2) is 0 Å². The van der Waals surface area contributed by atoms with Crippen molar-refractivity contribution in [2.45, 2.75) is 47.1 Å². The zero-order valence-electron chi connectivity index (χ0n) is 11.8. The van der Waals surface area contributed by atoms with Gasteiger partial charge in [-0.15, -0.1) is 0 Å². The minimum absolute atomic E-state index is 0.0100. The average molecular weight is 236 g/mol. The molecule has 1 heterocycles. The summed E-state index contributed by atoms with van der Waals surface area (Å²) in [5.41, 5.74) is 0.0100. The molecule has 0 aromatic carbocycles. The van der Waals surface area contributed by atoms with Gasteiger partial charge in [-0.05, 0) is 33.6 Å². The van der Waals surface area contributed by atoms with Gasteiger partial charge in [-0.25, -0.2) is 9.97 Å². The van der Waals surface area contributed by atoms with Gasteiger partial charge in [0.1, 0.15) is 17.5 Å². The van der Waals surface area contributed by atoms with E-state index in [0.29, 0.717) is 5.92 Å². The molecule has 17 heavy (non-hydrogen) atoms. The van der Waals surface area contributed by atoms with Crippen LogP contribution >= 0.6 is 0 Å². The van der Waals surface area contributed by atoms with E-state index in [1.807, 2.05) is 13.0 Å². The molecule has 0 radical (unpaired) electrons. The van der Waals surface area contributed by atoms with Gasteiger partial charge in [0, 0.05) is 18.2 Å². The number of aromatic nitrogens is 2. The predicted molar refractivity (Wildman–Crippen MR) is 73.5 cm³/mol. The van der Waals surface area contributed by atoms with E-state index in [-0.39, 0.29) is 5.54 Å². The maximum Gasteiger partial charge on any atom is 0.132 e. The molecule has 0 saturated carbocycles. The SMILES string of the molecule is Cc1nc(NCC(C)C)cc(NC(C)(C)C)n1. The third-order valence-electron chi connectivity index (χ3n) is 2.03. The van der Waals surface area contributed by atoms with E-state index in [1.54, 1.807) is 0 Å². The Labute approximate surface area is 104 Å². The number of hydrogen-bond donors (Lipinski definition) is 2. The Morgan fingerprint density at radius 3 is 2.29 bits per heavy atom. The van der Waals surface area contributed by atoms with Crippen LogP contribution in [0, 0.1) is 12.8 Å². The van der Waals surface area contributed by atoms with Crippen LogP contribution in [-0.2, 0) is 0 Å². The van der Waals surface area contributed by atoms with E-state index >= 15 is 0 Å². The lowest BCUT2D eigenvalue weighted by molar-refractivity contribution is 0.629. The summed E-state index contributed by atoms with van der Waals surface area (Å²) >= 11 is 0. The van der Waals surface area contributed by atoms with Crippen LogP contribution in [0.15, 0.2) is 6.07 Å². The number of nitrogens with one attached hydrogen (secondary N) is 2. The minimum atomic E-state index is 0.0100. The van der Waals surface area contributed by atoms with Gasteiger partial charge < -0.3 is 10.6 Å². The van der Waals surface area contributed by atoms with Gasteiger partial charge in [0.25, 0.3) is 0 Å². The number of anilines is 2. The molecular formula is C13H24N4. The Balaban J connectivity index is 2.79. The molecular weight excluding hydrogens is 212 g/mol. The molecule has 1 aromatic rings. The zero-order valence-corrected chi connectivity index (χ0v) is 11.8. The van der Waals surface area contributed by atoms with Crippen molar-refractivity contribution in [3.8, 4) is 0 Å². The molecule has 4 heteroatoms. The van der Waals surface area contributed by atoms with Crippen molar-refractivity contribution in [1.29, 1.82) is 0 Å². The Hall–Kier alpha value is -1.32. The summed E-state index contributed by atoms with van der Waals surface area (Å²) in [6.45, 7) is 13.5. The van der Waals surface area contributed by atoms with E-state index in [9.17, 15) is 0 Å². The fourth-order valence-corrected chi connectivity index (χ4v) is 1.42. The van der Waals surface area contributed by atoms with Crippen LogP contribution in [-0.4, -0.2) is 22.1 Å². The highest BCUT2D eigenvalue weighted by atomic mass is 15.1. The Morgan fingerprint density at radius 1 is 1.18 bits per heavy atom. The summed E-state index contributed by atoms with van der Waals surface area (Å²) in [5.74, 6) is 3.14. The molecule has 0 unspecified atom stereocenters. The van der Waals surface area contributed by atoms with Crippen LogP contribution in [0.4, 0.5) is 11.6 Å². The van der Waals surface area contributed by atoms with Gasteiger partial charge in [-0.2, -0.15) is 0 Å². The molecule has 0 amide bonds. The van der Waals surface area contributed by atoms with Crippen LogP contribution in [0.2, 0.25) is 0 Å². The quantitative estimate of drug-likeness (QED) is 0.843. The smallest absolute Gasteiger partial charge is 0.132 e. The second-order valence-corrected chi connectivity index (χ2v) is 5.84. The van der Waals surface area contributed by atoms with Crippen molar-refractivity contribution in [2.24, 2.45) is 5.92 Å². The minimum Gasteiger partial charge on any atom is -0.370 e. The van der Waals surface area contributed by atoms with Crippen molar-refractivity contribution in [3.05, 3.63) is 11.9 Å². The fraction of sp³-hybridized carbons (Fsp3) is 0.692. The van der Waals surface area contributed by atoms with Gasteiger partial charge in [0.2, 0.25) is 0 Å². The molecule has 0 spiro atoms. The molecule has 1 aromatic heterocycles. The Morgan fingerprint density at radius 2 is 1.76 bits per heavy atom. The highest BCUT2D eigenvalue weighted by molar-refractivity contribution is 5.48. The number of nitrogens with zero attached hydrogens (tertiary/aromatic N) is 2. The fourth-order valence-electron chi connectivity index (χ4n) is 1.42. The molecule has 0 atom stereocenters. The maximum absolute atomic E-state index is 4.38. The number of aryl methyl sites for hydroxylation is 1. The highest BCUT2D eigenvalue weighted by Gasteiger charge is 2.11. The Kier molecular flexibility index (Phi) is 4.32. The first-order valence-electron chi connectivity index (χ1n) is 6.14. The molecule has 0 aliphatic rings. The third-order valence-corrected chi connectivity index (χ3v) is 2.03. The van der Waals surface area contributed by atoms with Crippen molar-refractivity contribution in [2.75, 3.05) is 17.2 Å². The molecule has 0 fully saturated rings. The predicted octanol–water partition coefficient (Wildman–Crippen LogP) is 3.06. The second kappa shape index (κ2) is 5.34. The number of rotatable bonds is 4. The number of hydrogen-bond acceptors (Lipinski definition) is 4. The standard InChI is InChI=1S/C13H24N4/c1-9(2)8-14-11-7-12(16-10(3)15-11)17-13(4,5)6/h7,9H,8H2,1-6H3,(H2,14,15,16,17). The van der Waals surface area contributed by atoms with Crippen LogP contribution in [0.5, 0.6) is 0 Å². The van der Waals surface area contributed by atoms with Gasteiger partial charge in [-0.1, -0.05) is 13.8 Å². The van der Waals surface area contributed by atoms with Crippen molar-refractivity contribution in [1.82, 2.24) is 9.97 Å². The molecule has 2 N–H and O–H groups in total. The summed E-state index contributed by atoms with van der Waals surface area (Å²) in [6, 6.07) is 1.96. The van der Waals surface area contributed by atoms with E-state index in [2.05, 4.69) is 55.2 Å². The van der Waals surface area contributed by atoms with Gasteiger partial charge in [0.05, 0.1) is 0 Å². The lowest BCUT2D eigenvalue weighted by Crippen LogP contribution is -2.27.